The van der Waals surface area contributed by atoms with Gasteiger partial charge in [0, 0.05) is 26.3 Å². The van der Waals surface area contributed by atoms with E-state index in [0.717, 1.165) is 45.1 Å². The van der Waals surface area contributed by atoms with E-state index in [1.165, 1.54) is 0 Å². The van der Waals surface area contributed by atoms with Crippen LogP contribution in [0.25, 0.3) is 0 Å². The lowest BCUT2D eigenvalue weighted by atomic mass is 9.87. The molecule has 0 radical (unpaired) electrons. The molecule has 0 amide bonds. The Morgan fingerprint density at radius 1 is 1.31 bits per heavy atom. The Labute approximate surface area is 97.1 Å². The minimum Gasteiger partial charge on any atom is -0.381 e. The smallest absolute Gasteiger partial charge is 0.116 e. The van der Waals surface area contributed by atoms with Gasteiger partial charge in [0.15, 0.2) is 0 Å². The summed E-state index contributed by atoms with van der Waals surface area (Å²) in [5.74, 6) is 0.732. The van der Waals surface area contributed by atoms with Crippen molar-refractivity contribution >= 4 is 0 Å². The van der Waals surface area contributed by atoms with Gasteiger partial charge in [0.1, 0.15) is 5.41 Å². The Hall–Kier alpha value is -0.630. The molecule has 90 valence electrons. The second-order valence-electron chi connectivity index (χ2n) is 5.14. The Bertz CT molecular complexity index is 265. The second-order valence-corrected chi connectivity index (χ2v) is 5.14. The van der Waals surface area contributed by atoms with Crippen molar-refractivity contribution in [3.05, 3.63) is 0 Å². The minimum atomic E-state index is -0.236. The van der Waals surface area contributed by atoms with E-state index < -0.39 is 0 Å². The summed E-state index contributed by atoms with van der Waals surface area (Å²) in [4.78, 5) is 2.28. The zero-order valence-electron chi connectivity index (χ0n) is 9.95. The lowest BCUT2D eigenvalue weighted by molar-refractivity contribution is -0.0908. The molecule has 0 aromatic carbocycles. The predicted octanol–water partition coefficient (Wildman–Crippen LogP) is 0.885. The molecule has 0 bridgehead atoms. The number of rotatable bonds is 4. The molecule has 2 aliphatic rings. The van der Waals surface area contributed by atoms with Crippen LogP contribution in [-0.4, -0.2) is 51.5 Å². The van der Waals surface area contributed by atoms with Gasteiger partial charge in [-0.2, -0.15) is 5.26 Å². The van der Waals surface area contributed by atoms with Crippen molar-refractivity contribution < 1.29 is 9.47 Å². The molecule has 2 heterocycles. The molecule has 0 aromatic rings. The van der Waals surface area contributed by atoms with Gasteiger partial charge in [-0.15, -0.1) is 0 Å². The highest BCUT2D eigenvalue weighted by atomic mass is 16.5. The van der Waals surface area contributed by atoms with Crippen LogP contribution in [0.3, 0.4) is 0 Å². The highest BCUT2D eigenvalue weighted by molar-refractivity contribution is 5.05. The number of hydrogen-bond donors (Lipinski definition) is 0. The van der Waals surface area contributed by atoms with Crippen LogP contribution in [0.5, 0.6) is 0 Å². The van der Waals surface area contributed by atoms with Gasteiger partial charge in [0.2, 0.25) is 0 Å². The van der Waals surface area contributed by atoms with E-state index in [0.29, 0.717) is 13.2 Å². The maximum atomic E-state index is 9.11. The molecule has 0 N–H and O–H groups in total. The van der Waals surface area contributed by atoms with Crippen molar-refractivity contribution in [3.8, 4) is 6.07 Å². The van der Waals surface area contributed by atoms with Crippen LogP contribution >= 0.6 is 0 Å². The second kappa shape index (κ2) is 5.13. The first kappa shape index (κ1) is 11.8. The lowest BCUT2D eigenvalue weighted by Crippen LogP contribution is -2.50. The summed E-state index contributed by atoms with van der Waals surface area (Å²) in [6.07, 6.45) is 2.31. The van der Waals surface area contributed by atoms with Crippen LogP contribution in [0, 0.1) is 22.7 Å². The van der Waals surface area contributed by atoms with Crippen molar-refractivity contribution in [3.63, 3.8) is 0 Å². The average Bonchev–Trinajstić information content (AvgIpc) is 2.25. The van der Waals surface area contributed by atoms with E-state index in [1.54, 1.807) is 0 Å². The van der Waals surface area contributed by atoms with Crippen LogP contribution in [-0.2, 0) is 9.47 Å². The molecular formula is C12H20N2O2. The van der Waals surface area contributed by atoms with Gasteiger partial charge in [-0.05, 0) is 25.8 Å². The van der Waals surface area contributed by atoms with E-state index in [2.05, 4.69) is 18.0 Å². The van der Waals surface area contributed by atoms with Crippen molar-refractivity contribution in [1.29, 1.82) is 5.26 Å². The quantitative estimate of drug-likeness (QED) is 0.711. The van der Waals surface area contributed by atoms with E-state index >= 15 is 0 Å². The number of hydrogen-bond acceptors (Lipinski definition) is 4. The predicted molar refractivity (Wildman–Crippen MR) is 59.9 cm³/mol. The minimum absolute atomic E-state index is 0.236. The van der Waals surface area contributed by atoms with Crippen LogP contribution in [0.15, 0.2) is 0 Å². The first-order valence-electron chi connectivity index (χ1n) is 5.99. The molecule has 4 nitrogen and oxygen atoms in total. The molecular weight excluding hydrogens is 204 g/mol. The van der Waals surface area contributed by atoms with Crippen LogP contribution in [0.1, 0.15) is 12.8 Å². The molecule has 0 saturated carbocycles. The fourth-order valence-electron chi connectivity index (χ4n) is 2.49. The molecule has 2 rings (SSSR count). The highest BCUT2D eigenvalue weighted by Gasteiger charge is 2.40. The summed E-state index contributed by atoms with van der Waals surface area (Å²) in [7, 11) is 2.10. The molecule has 0 atom stereocenters. The zero-order valence-corrected chi connectivity index (χ0v) is 9.95. The number of nitrogens with zero attached hydrogens (tertiary/aromatic N) is 2. The normalized spacial score (nSPS) is 25.1. The van der Waals surface area contributed by atoms with Gasteiger partial charge >= 0.3 is 0 Å². The van der Waals surface area contributed by atoms with Crippen molar-refractivity contribution in [2.75, 3.05) is 46.6 Å². The van der Waals surface area contributed by atoms with E-state index in [1.807, 2.05) is 0 Å². The summed E-state index contributed by atoms with van der Waals surface area (Å²) in [5.41, 5.74) is -0.236. The maximum absolute atomic E-state index is 9.11. The molecule has 2 fully saturated rings. The van der Waals surface area contributed by atoms with Crippen molar-refractivity contribution in [2.45, 2.75) is 12.8 Å². The number of ether oxygens (including phenoxy) is 2. The average molecular weight is 224 g/mol. The topological polar surface area (TPSA) is 45.5 Å². The first-order chi connectivity index (χ1) is 7.74. The zero-order chi connectivity index (χ0) is 11.4. The van der Waals surface area contributed by atoms with E-state index in [4.69, 9.17) is 14.7 Å². The summed E-state index contributed by atoms with van der Waals surface area (Å²) < 4.78 is 10.5. The monoisotopic (exact) mass is 224 g/mol. The van der Waals surface area contributed by atoms with Gasteiger partial charge in [-0.1, -0.05) is 0 Å². The van der Waals surface area contributed by atoms with E-state index in [-0.39, 0.29) is 5.41 Å². The summed E-state index contributed by atoms with van der Waals surface area (Å²) >= 11 is 0. The summed E-state index contributed by atoms with van der Waals surface area (Å²) in [6.45, 7) is 4.90. The summed E-state index contributed by atoms with van der Waals surface area (Å²) in [6, 6.07) is 2.39. The Balaban J connectivity index is 1.75. The third-order valence-electron chi connectivity index (χ3n) is 3.48. The molecule has 2 aliphatic heterocycles. The lowest BCUT2D eigenvalue weighted by Gasteiger charge is -2.39. The molecule has 16 heavy (non-hydrogen) atoms. The van der Waals surface area contributed by atoms with Crippen LogP contribution < -0.4 is 0 Å². The highest BCUT2D eigenvalue weighted by Crippen LogP contribution is 2.28. The third-order valence-corrected chi connectivity index (χ3v) is 3.48. The molecule has 0 spiro atoms. The van der Waals surface area contributed by atoms with E-state index in [9.17, 15) is 0 Å². The van der Waals surface area contributed by atoms with Gasteiger partial charge in [-0.3, -0.25) is 0 Å². The molecule has 0 unspecified atom stereocenters. The summed E-state index contributed by atoms with van der Waals surface area (Å²) in [5, 5.41) is 9.11. The van der Waals surface area contributed by atoms with Gasteiger partial charge in [-0.25, -0.2) is 0 Å². The van der Waals surface area contributed by atoms with Crippen LogP contribution in [0.2, 0.25) is 0 Å². The Kier molecular flexibility index (Phi) is 3.80. The Morgan fingerprint density at radius 3 is 2.50 bits per heavy atom. The molecule has 2 saturated heterocycles. The number of nitriles is 1. The SMILES string of the molecule is CN(CC1CCOCC1)CC1(C#N)COC1. The van der Waals surface area contributed by atoms with Gasteiger partial charge < -0.3 is 14.4 Å². The third kappa shape index (κ3) is 2.73. The fourth-order valence-corrected chi connectivity index (χ4v) is 2.49. The molecule has 0 aromatic heterocycles. The maximum Gasteiger partial charge on any atom is 0.116 e. The van der Waals surface area contributed by atoms with Crippen molar-refractivity contribution in [2.24, 2.45) is 11.3 Å². The van der Waals surface area contributed by atoms with Crippen LogP contribution in [0.4, 0.5) is 0 Å². The largest absolute Gasteiger partial charge is 0.381 e. The van der Waals surface area contributed by atoms with Gasteiger partial charge in [0.05, 0.1) is 19.3 Å². The molecule has 4 heteroatoms. The van der Waals surface area contributed by atoms with Crippen molar-refractivity contribution in [1.82, 2.24) is 4.90 Å². The first-order valence-corrected chi connectivity index (χ1v) is 5.99. The standard InChI is InChI=1S/C12H20N2O2/c1-14(6-11-2-4-15-5-3-11)8-12(7-13)9-16-10-12/h11H,2-6,8-10H2,1H3. The molecule has 0 aliphatic carbocycles. The van der Waals surface area contributed by atoms with Gasteiger partial charge in [0.25, 0.3) is 0 Å². The Morgan fingerprint density at radius 2 is 2.00 bits per heavy atom. The fraction of sp³-hybridized carbons (Fsp3) is 0.917.